The Bertz CT molecular complexity index is 623. The minimum atomic E-state index is 0.0893. The second-order valence-corrected chi connectivity index (χ2v) is 8.11. The van der Waals surface area contributed by atoms with E-state index < -0.39 is 0 Å². The number of hydrogen-bond acceptors (Lipinski definition) is 4. The number of fused-ring (bicyclic) bond motifs is 2. The van der Waals surface area contributed by atoms with Gasteiger partial charge in [0.2, 0.25) is 5.91 Å². The van der Waals surface area contributed by atoms with E-state index in [9.17, 15) is 4.79 Å². The third-order valence-electron chi connectivity index (χ3n) is 6.59. The summed E-state index contributed by atoms with van der Waals surface area (Å²) in [4.78, 5) is 17.5. The van der Waals surface area contributed by atoms with Crippen molar-refractivity contribution in [3.05, 3.63) is 29.8 Å². The van der Waals surface area contributed by atoms with Gasteiger partial charge >= 0.3 is 0 Å². The molecule has 2 saturated carbocycles. The summed E-state index contributed by atoms with van der Waals surface area (Å²) in [6, 6.07) is 8.45. The lowest BCUT2D eigenvalue weighted by molar-refractivity contribution is -0.139. The molecule has 0 spiro atoms. The maximum absolute atomic E-state index is 13.0. The van der Waals surface area contributed by atoms with Crippen molar-refractivity contribution in [2.75, 3.05) is 32.8 Å². The number of rotatable bonds is 5. The van der Waals surface area contributed by atoms with Crippen LogP contribution in [0.2, 0.25) is 0 Å². The molecule has 2 aliphatic carbocycles. The summed E-state index contributed by atoms with van der Waals surface area (Å²) in [5, 5.41) is 0. The monoisotopic (exact) mass is 357 g/mol. The molecule has 1 aromatic carbocycles. The molecule has 1 amide bonds. The highest BCUT2D eigenvalue weighted by atomic mass is 16.5. The van der Waals surface area contributed by atoms with Gasteiger partial charge in [-0.25, -0.2) is 0 Å². The van der Waals surface area contributed by atoms with E-state index in [2.05, 4.69) is 21.9 Å². The van der Waals surface area contributed by atoms with Crippen molar-refractivity contribution < 1.29 is 9.53 Å². The van der Waals surface area contributed by atoms with Crippen LogP contribution in [0.3, 0.4) is 0 Å². The van der Waals surface area contributed by atoms with Crippen LogP contribution in [-0.2, 0) is 11.3 Å². The van der Waals surface area contributed by atoms with E-state index in [4.69, 9.17) is 10.5 Å². The number of piperazine rings is 1. The lowest BCUT2D eigenvalue weighted by atomic mass is 9.84. The first-order valence-corrected chi connectivity index (χ1v) is 10.1. The lowest BCUT2D eigenvalue weighted by Gasteiger charge is -2.38. The molecule has 2 N–H and O–H groups in total. The number of benzene rings is 1. The van der Waals surface area contributed by atoms with Crippen LogP contribution in [-0.4, -0.2) is 54.5 Å². The summed E-state index contributed by atoms with van der Waals surface area (Å²) in [6.07, 6.45) is 3.60. The summed E-state index contributed by atoms with van der Waals surface area (Å²) in [5.74, 6) is 2.48. The van der Waals surface area contributed by atoms with Gasteiger partial charge in [0.1, 0.15) is 5.75 Å². The number of carbonyl (C=O) groups excluding carboxylic acids is 1. The minimum absolute atomic E-state index is 0.0893. The molecule has 2 bridgehead atoms. The molecule has 5 heteroatoms. The fourth-order valence-corrected chi connectivity index (χ4v) is 5.16. The van der Waals surface area contributed by atoms with Crippen LogP contribution in [0.5, 0.6) is 5.75 Å². The Hall–Kier alpha value is -1.59. The first kappa shape index (κ1) is 17.8. The van der Waals surface area contributed by atoms with Gasteiger partial charge in [0, 0.05) is 38.8 Å². The van der Waals surface area contributed by atoms with Crippen LogP contribution < -0.4 is 10.5 Å². The van der Waals surface area contributed by atoms with E-state index >= 15 is 0 Å². The Labute approximate surface area is 156 Å². The zero-order valence-electron chi connectivity index (χ0n) is 15.8. The third-order valence-corrected chi connectivity index (χ3v) is 6.59. The van der Waals surface area contributed by atoms with Crippen molar-refractivity contribution in [3.63, 3.8) is 0 Å². The van der Waals surface area contributed by atoms with Crippen molar-refractivity contribution in [1.82, 2.24) is 9.80 Å². The summed E-state index contributed by atoms with van der Waals surface area (Å²) >= 11 is 0. The Morgan fingerprint density at radius 2 is 1.81 bits per heavy atom. The van der Waals surface area contributed by atoms with Gasteiger partial charge in [0.25, 0.3) is 0 Å². The van der Waals surface area contributed by atoms with Crippen LogP contribution in [0.4, 0.5) is 0 Å². The average molecular weight is 357 g/mol. The van der Waals surface area contributed by atoms with Crippen molar-refractivity contribution in [3.8, 4) is 5.75 Å². The number of hydrogen-bond donors (Lipinski definition) is 1. The van der Waals surface area contributed by atoms with E-state index in [0.717, 1.165) is 38.5 Å². The van der Waals surface area contributed by atoms with Gasteiger partial charge in [-0.05, 0) is 55.7 Å². The molecule has 0 radical (unpaired) electrons. The molecule has 5 nitrogen and oxygen atoms in total. The second kappa shape index (κ2) is 7.57. The first-order chi connectivity index (χ1) is 12.7. The van der Waals surface area contributed by atoms with Crippen LogP contribution >= 0.6 is 0 Å². The molecule has 1 aromatic rings. The molecule has 1 saturated heterocycles. The predicted octanol–water partition coefficient (Wildman–Crippen LogP) is 2.10. The highest BCUT2D eigenvalue weighted by Crippen LogP contribution is 2.48. The Morgan fingerprint density at radius 1 is 1.12 bits per heavy atom. The average Bonchev–Trinajstić information content (AvgIpc) is 3.25. The van der Waals surface area contributed by atoms with Crippen molar-refractivity contribution >= 4 is 5.91 Å². The molecule has 142 valence electrons. The first-order valence-electron chi connectivity index (χ1n) is 10.1. The van der Waals surface area contributed by atoms with Crippen molar-refractivity contribution in [2.24, 2.45) is 23.5 Å². The molecule has 4 atom stereocenters. The molecule has 1 heterocycles. The zero-order valence-corrected chi connectivity index (χ0v) is 15.8. The van der Waals surface area contributed by atoms with Gasteiger partial charge in [-0.3, -0.25) is 9.69 Å². The fourth-order valence-electron chi connectivity index (χ4n) is 5.16. The van der Waals surface area contributed by atoms with Gasteiger partial charge in [0.05, 0.1) is 12.5 Å². The third kappa shape index (κ3) is 3.47. The highest BCUT2D eigenvalue weighted by Gasteiger charge is 2.50. The predicted molar refractivity (Wildman–Crippen MR) is 102 cm³/mol. The zero-order chi connectivity index (χ0) is 18.1. The van der Waals surface area contributed by atoms with E-state index in [1.165, 1.54) is 24.8 Å². The van der Waals surface area contributed by atoms with Crippen LogP contribution in [0.15, 0.2) is 24.3 Å². The number of nitrogens with zero attached hydrogens (tertiary/aromatic N) is 2. The van der Waals surface area contributed by atoms with Gasteiger partial charge in [0.15, 0.2) is 0 Å². The molecular weight excluding hydrogens is 326 g/mol. The number of nitrogens with two attached hydrogens (primary N) is 1. The molecule has 1 aliphatic heterocycles. The van der Waals surface area contributed by atoms with E-state index in [1.807, 2.05) is 19.1 Å². The van der Waals surface area contributed by atoms with Crippen LogP contribution in [0.1, 0.15) is 31.7 Å². The smallest absolute Gasteiger partial charge is 0.227 e. The van der Waals surface area contributed by atoms with Crippen LogP contribution in [0.25, 0.3) is 0 Å². The lowest BCUT2D eigenvalue weighted by Crippen LogP contribution is -2.53. The number of carbonyl (C=O) groups is 1. The van der Waals surface area contributed by atoms with Gasteiger partial charge in [-0.2, -0.15) is 0 Å². The minimum Gasteiger partial charge on any atom is -0.494 e. The maximum atomic E-state index is 13.0. The van der Waals surface area contributed by atoms with Gasteiger partial charge in [-0.15, -0.1) is 0 Å². The van der Waals surface area contributed by atoms with Crippen LogP contribution in [0, 0.1) is 17.8 Å². The van der Waals surface area contributed by atoms with Gasteiger partial charge in [-0.1, -0.05) is 12.1 Å². The molecule has 4 unspecified atom stereocenters. The Kier molecular flexibility index (Phi) is 5.18. The Morgan fingerprint density at radius 3 is 2.42 bits per heavy atom. The van der Waals surface area contributed by atoms with E-state index in [0.29, 0.717) is 24.3 Å². The fraction of sp³-hybridized carbons (Fsp3) is 0.667. The summed E-state index contributed by atoms with van der Waals surface area (Å²) in [5.41, 5.74) is 7.66. The SMILES string of the molecule is CCOc1ccc(CN2CCN(C(=O)C3C4CCC(C4)C3N)CC2)cc1. The standard InChI is InChI=1S/C21H31N3O2/c1-2-26-18-7-3-15(4-8-18)14-23-9-11-24(12-10-23)21(25)19-16-5-6-17(13-16)20(19)22/h3-4,7-8,16-17,19-20H,2,5-6,9-14,22H2,1H3. The molecule has 4 rings (SSSR count). The molecule has 3 fully saturated rings. The van der Waals surface area contributed by atoms with E-state index in [1.54, 1.807) is 0 Å². The molecule has 3 aliphatic rings. The number of amides is 1. The summed E-state index contributed by atoms with van der Waals surface area (Å²) < 4.78 is 5.50. The Balaban J connectivity index is 1.28. The number of ether oxygens (including phenoxy) is 1. The molecular formula is C21H31N3O2. The molecule has 0 aromatic heterocycles. The maximum Gasteiger partial charge on any atom is 0.227 e. The second-order valence-electron chi connectivity index (χ2n) is 8.11. The highest BCUT2D eigenvalue weighted by molar-refractivity contribution is 5.80. The van der Waals surface area contributed by atoms with Gasteiger partial charge < -0.3 is 15.4 Å². The summed E-state index contributed by atoms with van der Waals surface area (Å²) in [6.45, 7) is 7.17. The largest absolute Gasteiger partial charge is 0.494 e. The topological polar surface area (TPSA) is 58.8 Å². The normalized spacial score (nSPS) is 31.4. The van der Waals surface area contributed by atoms with Crippen molar-refractivity contribution in [1.29, 1.82) is 0 Å². The molecule has 26 heavy (non-hydrogen) atoms. The summed E-state index contributed by atoms with van der Waals surface area (Å²) in [7, 11) is 0. The quantitative estimate of drug-likeness (QED) is 0.877. The van der Waals surface area contributed by atoms with E-state index in [-0.39, 0.29) is 12.0 Å². The van der Waals surface area contributed by atoms with Crippen molar-refractivity contribution in [2.45, 2.75) is 38.8 Å².